The number of nitro benzene ring substituents is 2. The number of aliphatic carboxylic acids is 1. The van der Waals surface area contributed by atoms with Crippen molar-refractivity contribution in [2.45, 2.75) is 73.5 Å². The fourth-order valence-corrected chi connectivity index (χ4v) is 9.77. The number of amides is 2. The minimum Gasteiger partial charge on any atom is -0.497 e. The number of nitrogens with zero attached hydrogens (tertiary/aromatic N) is 4. The molecule has 4 atom stereocenters. The molecule has 6 N–H and O–H groups in total. The number of carbonyl (C=O) groups is 6. The van der Waals surface area contributed by atoms with Gasteiger partial charge in [-0.1, -0.05) is 69.6 Å². The molecule has 30 heteroatoms. The number of ether oxygens (including phenoxy) is 4. The molecule has 6 aromatic carbocycles. The number of carbonyl (C=O) groups excluding carboxylic acids is 5. The first-order valence-corrected chi connectivity index (χ1v) is 29.8. The predicted molar refractivity (Wildman–Crippen MR) is 348 cm³/mol. The lowest BCUT2D eigenvalue weighted by Crippen LogP contribution is -2.47. The van der Waals surface area contributed by atoms with Crippen LogP contribution in [0.5, 0.6) is 11.5 Å². The van der Waals surface area contributed by atoms with E-state index in [4.69, 9.17) is 88.6 Å². The molecule has 0 spiro atoms. The van der Waals surface area contributed by atoms with E-state index in [2.05, 4.69) is 10.6 Å². The molecule has 2 heterocycles. The SMILES string of the molecule is CC(Cl)(Cl)C(=O)N[C@H](CO)[C@H](O)c1ccc([N+](=O)[O-])cc1.COc1ccc2c(c1)c(CC(=O)O)c(C)n2C(=O)c1ccc(Cl)cc1.COc1ccc2c(c1)c(CC(=O)OCOC[C@@H](NC(=O)C(C)(Cl)Cl)[C@H](O)c1ccc([N+](=O)[O-])cc1)c(C)n2C(=O)c1ccc(Cl)cc1. The molecule has 2 amide bonds. The number of carboxylic acids is 1. The number of fused-ring (bicyclic) bond motifs is 2. The Kier molecular flexibility index (Phi) is 25.7. The van der Waals surface area contributed by atoms with E-state index in [0.717, 1.165) is 0 Å². The molecular weight excluding hydrogens is 1340 g/mol. The molecule has 93 heavy (non-hydrogen) atoms. The summed E-state index contributed by atoms with van der Waals surface area (Å²) in [6, 6.07) is 31.4. The van der Waals surface area contributed by atoms with Crippen molar-refractivity contribution in [2.24, 2.45) is 0 Å². The van der Waals surface area contributed by atoms with Crippen LogP contribution < -0.4 is 20.1 Å². The first kappa shape index (κ1) is 73.6. The van der Waals surface area contributed by atoms with Gasteiger partial charge in [0.1, 0.15) is 23.7 Å². The van der Waals surface area contributed by atoms with Gasteiger partial charge in [0.15, 0.2) is 15.5 Å². The van der Waals surface area contributed by atoms with E-state index in [-0.39, 0.29) is 48.2 Å². The molecule has 0 saturated heterocycles. The second-order valence-electron chi connectivity index (χ2n) is 20.6. The van der Waals surface area contributed by atoms with Crippen molar-refractivity contribution >= 4 is 138 Å². The predicted octanol–water partition coefficient (Wildman–Crippen LogP) is 10.9. The van der Waals surface area contributed by atoms with Crippen molar-refractivity contribution in [1.29, 1.82) is 0 Å². The van der Waals surface area contributed by atoms with E-state index >= 15 is 0 Å². The molecule has 8 aromatic rings. The number of alkyl halides is 4. The summed E-state index contributed by atoms with van der Waals surface area (Å²) in [6.07, 6.45) is -3.05. The van der Waals surface area contributed by atoms with Crippen molar-refractivity contribution in [2.75, 3.05) is 34.2 Å². The zero-order chi connectivity index (χ0) is 68.8. The number of rotatable bonds is 23. The quantitative estimate of drug-likeness (QED) is 0.00865. The average molecular weight is 1400 g/mol. The van der Waals surface area contributed by atoms with E-state index in [1.807, 2.05) is 0 Å². The molecule has 2 aromatic heterocycles. The lowest BCUT2D eigenvalue weighted by molar-refractivity contribution is -0.385. The number of aliphatic hydroxyl groups is 3. The van der Waals surface area contributed by atoms with E-state index < -0.39 is 80.0 Å². The van der Waals surface area contributed by atoms with Crippen LogP contribution in [0.2, 0.25) is 10.0 Å². The third kappa shape index (κ3) is 19.1. The maximum absolute atomic E-state index is 13.5. The summed E-state index contributed by atoms with van der Waals surface area (Å²) in [6.45, 7) is 4.48. The fourth-order valence-electron chi connectivity index (χ4n) is 9.30. The Labute approximate surface area is 560 Å². The number of carboxylic acid groups (broad SMARTS) is 1. The van der Waals surface area contributed by atoms with Gasteiger partial charge in [0.2, 0.25) is 0 Å². The van der Waals surface area contributed by atoms with E-state index in [1.54, 1.807) is 106 Å². The van der Waals surface area contributed by atoms with Crippen LogP contribution in [0, 0.1) is 34.1 Å². The number of esters is 1. The molecule has 0 saturated carbocycles. The molecule has 8 rings (SSSR count). The molecule has 0 aliphatic rings. The number of nitrogens with one attached hydrogen (secondary N) is 2. The second-order valence-corrected chi connectivity index (χ2v) is 24.9. The van der Waals surface area contributed by atoms with Crippen LogP contribution in [0.15, 0.2) is 133 Å². The molecule has 24 nitrogen and oxygen atoms in total. The number of methoxy groups -OCH3 is 2. The van der Waals surface area contributed by atoms with Gasteiger partial charge >= 0.3 is 11.9 Å². The van der Waals surface area contributed by atoms with Gasteiger partial charge in [0, 0.05) is 67.6 Å². The Hall–Kier alpha value is -8.40. The third-order valence-electron chi connectivity index (χ3n) is 14.2. The van der Waals surface area contributed by atoms with Crippen molar-refractivity contribution in [3.63, 3.8) is 0 Å². The number of nitro groups is 2. The lowest BCUT2D eigenvalue weighted by atomic mass is 10.0. The van der Waals surface area contributed by atoms with Crippen LogP contribution in [0.3, 0.4) is 0 Å². The molecule has 0 aliphatic heterocycles. The van der Waals surface area contributed by atoms with Crippen molar-refractivity contribution in [3.8, 4) is 11.5 Å². The molecule has 0 fully saturated rings. The third-order valence-corrected chi connectivity index (χ3v) is 15.4. The summed E-state index contributed by atoms with van der Waals surface area (Å²) in [5.74, 6) is -2.66. The highest BCUT2D eigenvalue weighted by Crippen LogP contribution is 2.34. The summed E-state index contributed by atoms with van der Waals surface area (Å²) in [5.41, 5.74) is 4.55. The minimum atomic E-state index is -1.84. The highest BCUT2D eigenvalue weighted by atomic mass is 35.5. The second kappa shape index (κ2) is 32.4. The topological polar surface area (TPSA) is 340 Å². The van der Waals surface area contributed by atoms with Gasteiger partial charge in [0.25, 0.3) is 35.0 Å². The zero-order valence-electron chi connectivity index (χ0n) is 50.1. The number of hydrogen-bond donors (Lipinski definition) is 6. The van der Waals surface area contributed by atoms with Gasteiger partial charge in [0.05, 0.1) is 73.2 Å². The van der Waals surface area contributed by atoms with E-state index in [9.17, 15) is 69.4 Å². The monoisotopic (exact) mass is 1400 g/mol. The number of hydrogen-bond acceptors (Lipinski definition) is 17. The Morgan fingerprint density at radius 3 is 1.31 bits per heavy atom. The molecule has 0 bridgehead atoms. The number of non-ortho nitro benzene ring substituents is 2. The van der Waals surface area contributed by atoms with Crippen LogP contribution in [0.25, 0.3) is 21.8 Å². The number of aromatic nitrogens is 2. The van der Waals surface area contributed by atoms with Crippen LogP contribution >= 0.6 is 69.6 Å². The maximum Gasteiger partial charge on any atom is 0.312 e. The largest absolute Gasteiger partial charge is 0.497 e. The highest BCUT2D eigenvalue weighted by Gasteiger charge is 2.34. The van der Waals surface area contributed by atoms with Gasteiger partial charge in [-0.25, -0.2) is 0 Å². The number of benzene rings is 6. The van der Waals surface area contributed by atoms with E-state index in [1.165, 1.54) is 78.6 Å². The summed E-state index contributed by atoms with van der Waals surface area (Å²) in [7, 11) is 3.05. The smallest absolute Gasteiger partial charge is 0.312 e. The average Bonchev–Trinajstić information content (AvgIpc) is 1.62. The molecule has 492 valence electrons. The normalized spacial score (nSPS) is 12.6. The number of halogens is 6. The zero-order valence-corrected chi connectivity index (χ0v) is 54.6. The van der Waals surface area contributed by atoms with Crippen LogP contribution in [0.1, 0.15) is 80.4 Å². The van der Waals surface area contributed by atoms with Crippen LogP contribution in [-0.2, 0) is 41.5 Å². The van der Waals surface area contributed by atoms with Gasteiger partial charge in [-0.2, -0.15) is 0 Å². The van der Waals surface area contributed by atoms with Gasteiger partial charge in [-0.15, -0.1) is 0 Å². The summed E-state index contributed by atoms with van der Waals surface area (Å²) in [4.78, 5) is 95.3. The van der Waals surface area contributed by atoms with Gasteiger partial charge in [-0.3, -0.25) is 58.1 Å². The number of aliphatic hydroxyl groups excluding tert-OH is 3. The Morgan fingerprint density at radius 1 is 0.581 bits per heavy atom. The standard InChI is InChI=1S/C32H30Cl3N3O9.C19H16ClNO4.C12H14Cl2N2O5/c1-18-24(25-14-23(45-3)12-13-27(25)37(18)30(41)20-4-8-21(33)9-5-20)15-28(39)47-17-46-16-26(36-31(42)32(2,34)35)29(40)19-6-10-22(11-7-19)38(43)44;1-11-15(10-18(22)23)16-9-14(25-2)7-8-17(16)21(11)19(24)12-3-5-13(20)6-4-12;1-12(13,14)11(19)15-9(6-17)10(18)7-2-4-8(5-3-7)16(20)21/h4-14,26,29,40H,15-17H2,1-3H3,(H,36,42);3-9H,10H2,1-2H3,(H,22,23);2-5,9-10,17-18H,6H2,1H3,(H,15,19)/t26-,29-;;9-,10-/m1.1/s1. The molecule has 0 unspecified atom stereocenters. The molecule has 0 aliphatic carbocycles. The lowest BCUT2D eigenvalue weighted by Gasteiger charge is -2.26. The van der Waals surface area contributed by atoms with E-state index in [0.29, 0.717) is 82.6 Å². The van der Waals surface area contributed by atoms with Crippen molar-refractivity contribution in [1.82, 2.24) is 19.8 Å². The molecular formula is C63H60Cl6N6O18. The van der Waals surface area contributed by atoms with Crippen LogP contribution in [0.4, 0.5) is 11.4 Å². The summed E-state index contributed by atoms with van der Waals surface area (Å²) in [5, 5.41) is 68.2. The summed E-state index contributed by atoms with van der Waals surface area (Å²) >= 11 is 34.9. The maximum atomic E-state index is 13.5. The van der Waals surface area contributed by atoms with Crippen molar-refractivity contribution in [3.05, 3.63) is 209 Å². The Morgan fingerprint density at radius 2 is 0.957 bits per heavy atom. The highest BCUT2D eigenvalue weighted by molar-refractivity contribution is 6.58. The summed E-state index contributed by atoms with van der Waals surface area (Å²) < 4.78 is 20.9. The Bertz CT molecular complexity index is 4040. The Balaban J connectivity index is 0.000000249. The fraction of sp³-hybridized carbons (Fsp3) is 0.270. The molecule has 0 radical (unpaired) electrons. The van der Waals surface area contributed by atoms with Crippen molar-refractivity contribution < 1.29 is 78.0 Å². The van der Waals surface area contributed by atoms with Gasteiger partial charge in [-0.05, 0) is 159 Å². The first-order chi connectivity index (χ1) is 43.8. The van der Waals surface area contributed by atoms with Crippen LogP contribution in [-0.4, -0.2) is 130 Å². The minimum absolute atomic E-state index is 0.135. The first-order valence-electron chi connectivity index (χ1n) is 27.5. The van der Waals surface area contributed by atoms with Gasteiger partial charge < -0.3 is 50.0 Å².